The molecule has 1 aliphatic heterocycles. The van der Waals surface area contributed by atoms with Crippen LogP contribution in [0.5, 0.6) is 0 Å². The van der Waals surface area contributed by atoms with E-state index in [1.165, 1.54) is 19.1 Å². The Morgan fingerprint density at radius 2 is 1.60 bits per heavy atom. The number of carbonyl (C=O) groups excluding carboxylic acids is 6. The number of hydrogen-bond acceptors (Lipinski definition) is 14. The van der Waals surface area contributed by atoms with Crippen molar-refractivity contribution in [2.75, 3.05) is 6.61 Å². The van der Waals surface area contributed by atoms with Crippen LogP contribution >= 0.6 is 0 Å². The van der Waals surface area contributed by atoms with Gasteiger partial charge in [0.15, 0.2) is 23.6 Å². The monoisotopic (exact) mass is 865 g/mol. The summed E-state index contributed by atoms with van der Waals surface area (Å²) >= 11 is 0. The third kappa shape index (κ3) is 7.50. The summed E-state index contributed by atoms with van der Waals surface area (Å²) in [7, 11) is 0. The Balaban J connectivity index is 1.33. The normalized spacial score (nSPS) is 31.0. The summed E-state index contributed by atoms with van der Waals surface area (Å²) < 4.78 is 30.2. The molecule has 15 heteroatoms. The molecule has 1 amide bonds. The predicted octanol–water partition coefficient (Wildman–Crippen LogP) is 4.31. The van der Waals surface area contributed by atoms with Gasteiger partial charge in [-0.25, -0.2) is 14.6 Å². The number of ether oxygens (including phenoxy) is 5. The second-order valence-electron chi connectivity index (χ2n) is 17.6. The van der Waals surface area contributed by atoms with E-state index in [1.807, 2.05) is 0 Å². The Kier molecular flexibility index (Phi) is 12.0. The smallest absolute Gasteiger partial charge is 0.338 e. The topological polar surface area (TPSA) is 222 Å². The molecule has 3 fully saturated rings. The third-order valence-corrected chi connectivity index (χ3v) is 13.7. The fourth-order valence-corrected chi connectivity index (χ4v) is 10.4. The van der Waals surface area contributed by atoms with Gasteiger partial charge in [-0.2, -0.15) is 0 Å². The van der Waals surface area contributed by atoms with Crippen LogP contribution in [-0.2, 0) is 49.3 Å². The standard InChI is InChI=1S/C48H51NO14/c1-25-34(61-44(57)33(52)21-28-14-13-17-30(20-28)31-18-11-12-19-32(31)42(55)49-7)23-48(58)41(62-43(56)29-15-9-8-10-16-29)39-46(6,35(53)22-36-47(39,24-59-36)63-27(3)51)40(54)38(60-26(2)50)37(25)45(48,4)5/h8-20,33-36,38-39,41,52-53,58H,7,21-24H2,1-6H3/t33-,34+,35+,36-,38-,39+,41+,46-,47+,48-/m1/s1. The molecule has 2 saturated carbocycles. The van der Waals surface area contributed by atoms with E-state index in [9.17, 15) is 39.3 Å². The highest BCUT2D eigenvalue weighted by molar-refractivity contribution is 6.03. The van der Waals surface area contributed by atoms with Crippen molar-refractivity contribution in [3.05, 3.63) is 107 Å². The Morgan fingerprint density at radius 1 is 0.921 bits per heavy atom. The molecular weight excluding hydrogens is 815 g/mol. The number of benzene rings is 3. The SMILES string of the molecule is C=NC(=O)c1ccccc1-c1cccc(C[C@@H](O)C(=O)O[C@H]2C[C@@]3(O)[C@@H](OC(=O)c4ccccc4)[C@@H]4[C@]5(OC(C)=O)CO[C@@H]5C[C@H](O)[C@@]4(C)C(=O)[C@H](OC(C)=O)C(=C2C)C3(C)C)c1. The zero-order valence-electron chi connectivity index (χ0n) is 35.9. The van der Waals surface area contributed by atoms with Gasteiger partial charge in [0.1, 0.15) is 23.9 Å². The van der Waals surface area contributed by atoms with Crippen LogP contribution in [0.3, 0.4) is 0 Å². The average molecular weight is 866 g/mol. The van der Waals surface area contributed by atoms with Crippen LogP contribution in [-0.4, -0.2) is 112 Å². The summed E-state index contributed by atoms with van der Waals surface area (Å²) in [4.78, 5) is 85.6. The molecule has 0 unspecified atom stereocenters. The van der Waals surface area contributed by atoms with Crippen molar-refractivity contribution in [3.63, 3.8) is 0 Å². The molecule has 1 heterocycles. The number of aliphatic hydroxyl groups is 3. The lowest BCUT2D eigenvalue weighted by Gasteiger charge is -2.67. The quantitative estimate of drug-likeness (QED) is 0.112. The summed E-state index contributed by atoms with van der Waals surface area (Å²) in [5, 5.41) is 37.1. The Bertz CT molecular complexity index is 2410. The number of aliphatic hydroxyl groups excluding tert-OH is 2. The van der Waals surface area contributed by atoms with Gasteiger partial charge in [-0.1, -0.05) is 74.5 Å². The van der Waals surface area contributed by atoms with Crippen molar-refractivity contribution in [2.24, 2.45) is 21.7 Å². The van der Waals surface area contributed by atoms with Crippen molar-refractivity contribution >= 4 is 42.3 Å². The first kappa shape index (κ1) is 45.2. The van der Waals surface area contributed by atoms with Crippen LogP contribution in [0.15, 0.2) is 95.0 Å². The molecule has 7 rings (SSSR count). The largest absolute Gasteiger partial charge is 0.456 e. The summed E-state index contributed by atoms with van der Waals surface area (Å²) in [6, 6.07) is 21.5. The molecule has 0 spiro atoms. The molecule has 2 bridgehead atoms. The van der Waals surface area contributed by atoms with E-state index >= 15 is 4.79 Å². The maximum Gasteiger partial charge on any atom is 0.338 e. The maximum absolute atomic E-state index is 15.4. The zero-order valence-corrected chi connectivity index (χ0v) is 35.9. The molecule has 0 radical (unpaired) electrons. The Hall–Kier alpha value is -5.87. The highest BCUT2D eigenvalue weighted by atomic mass is 16.6. The van der Waals surface area contributed by atoms with Gasteiger partial charge in [-0.3, -0.25) is 19.2 Å². The van der Waals surface area contributed by atoms with Crippen molar-refractivity contribution in [3.8, 4) is 11.1 Å². The van der Waals surface area contributed by atoms with Crippen molar-refractivity contribution in [1.29, 1.82) is 0 Å². The number of aliphatic imine (C=N–C) groups is 1. The molecule has 0 aromatic heterocycles. The minimum atomic E-state index is -2.35. The minimum absolute atomic E-state index is 0.0276. The molecule has 63 heavy (non-hydrogen) atoms. The number of rotatable bonds is 10. The Morgan fingerprint density at radius 3 is 2.24 bits per heavy atom. The second kappa shape index (κ2) is 16.7. The van der Waals surface area contributed by atoms with E-state index < -0.39 is 107 Å². The fourth-order valence-electron chi connectivity index (χ4n) is 10.4. The Labute approximate surface area is 364 Å². The molecule has 3 aliphatic carbocycles. The van der Waals surface area contributed by atoms with E-state index in [1.54, 1.807) is 87.5 Å². The van der Waals surface area contributed by atoms with E-state index in [0.717, 1.165) is 13.8 Å². The molecule has 15 nitrogen and oxygen atoms in total. The van der Waals surface area contributed by atoms with Gasteiger partial charge in [-0.05, 0) is 66.6 Å². The average Bonchev–Trinajstić information content (AvgIpc) is 3.24. The van der Waals surface area contributed by atoms with E-state index in [-0.39, 0.29) is 36.2 Å². The van der Waals surface area contributed by atoms with Crippen LogP contribution in [0.1, 0.15) is 80.7 Å². The number of esters is 4. The lowest BCUT2D eigenvalue weighted by Crippen LogP contribution is -2.82. The number of fused-ring (bicyclic) bond motifs is 5. The molecule has 4 aliphatic rings. The van der Waals surface area contributed by atoms with Gasteiger partial charge >= 0.3 is 23.9 Å². The molecule has 3 aromatic carbocycles. The van der Waals surface area contributed by atoms with Crippen LogP contribution in [0.4, 0.5) is 0 Å². The highest BCUT2D eigenvalue weighted by Crippen LogP contribution is 2.64. The summed E-state index contributed by atoms with van der Waals surface area (Å²) in [6.07, 6.45) is -10.3. The molecule has 332 valence electrons. The predicted molar refractivity (Wildman–Crippen MR) is 224 cm³/mol. The summed E-state index contributed by atoms with van der Waals surface area (Å²) in [5.41, 5.74) is -5.46. The van der Waals surface area contributed by atoms with Gasteiger partial charge in [0.2, 0.25) is 0 Å². The van der Waals surface area contributed by atoms with E-state index in [2.05, 4.69) is 11.7 Å². The minimum Gasteiger partial charge on any atom is -0.456 e. The maximum atomic E-state index is 15.4. The van der Waals surface area contributed by atoms with Crippen LogP contribution < -0.4 is 0 Å². The number of nitrogens with zero attached hydrogens (tertiary/aromatic N) is 1. The van der Waals surface area contributed by atoms with Gasteiger partial charge in [0, 0.05) is 44.1 Å². The summed E-state index contributed by atoms with van der Waals surface area (Å²) in [5.74, 6) is -6.57. The number of amides is 1. The third-order valence-electron chi connectivity index (χ3n) is 13.7. The zero-order chi connectivity index (χ0) is 45.8. The van der Waals surface area contributed by atoms with Crippen molar-refractivity contribution in [1.82, 2.24) is 0 Å². The van der Waals surface area contributed by atoms with E-state index in [0.29, 0.717) is 22.3 Å². The number of ketones is 1. The first-order chi connectivity index (χ1) is 29.7. The number of hydrogen-bond donors (Lipinski definition) is 3. The van der Waals surface area contributed by atoms with Crippen molar-refractivity contribution in [2.45, 2.75) is 109 Å². The van der Waals surface area contributed by atoms with Crippen LogP contribution in [0.2, 0.25) is 0 Å². The lowest BCUT2D eigenvalue weighted by molar-refractivity contribution is -0.346. The van der Waals surface area contributed by atoms with Gasteiger partial charge in [0.25, 0.3) is 5.91 Å². The second-order valence-corrected chi connectivity index (χ2v) is 17.6. The fraction of sp³-hybridized carbons (Fsp3) is 0.438. The van der Waals surface area contributed by atoms with E-state index in [4.69, 9.17) is 23.7 Å². The van der Waals surface area contributed by atoms with Crippen molar-refractivity contribution < 1.29 is 67.8 Å². The van der Waals surface area contributed by atoms with Gasteiger partial charge in [-0.15, -0.1) is 0 Å². The van der Waals surface area contributed by atoms with Gasteiger partial charge in [0.05, 0.1) is 29.6 Å². The molecule has 1 saturated heterocycles. The number of Topliss-reactive ketones (excluding diaryl/α,β-unsaturated/α-hetero) is 1. The van der Waals surface area contributed by atoms with Gasteiger partial charge < -0.3 is 39.0 Å². The molecule has 3 aromatic rings. The van der Waals surface area contributed by atoms with Crippen LogP contribution in [0.25, 0.3) is 11.1 Å². The summed E-state index contributed by atoms with van der Waals surface area (Å²) in [6.45, 7) is 11.4. The highest BCUT2D eigenvalue weighted by Gasteiger charge is 2.78. The molecule has 3 N–H and O–H groups in total. The first-order valence-electron chi connectivity index (χ1n) is 20.7. The van der Waals surface area contributed by atoms with Crippen LogP contribution in [0, 0.1) is 16.7 Å². The first-order valence-corrected chi connectivity index (χ1v) is 20.7. The molecular formula is C48H51NO14. The number of carbonyl (C=O) groups is 6. The lowest BCUT2D eigenvalue weighted by atomic mass is 9.44. The molecule has 10 atom stereocenters.